The quantitative estimate of drug-likeness (QED) is 0.848. The third-order valence-corrected chi connectivity index (χ3v) is 2.57. The van der Waals surface area contributed by atoms with E-state index in [0.717, 1.165) is 11.1 Å². The van der Waals surface area contributed by atoms with Crippen molar-refractivity contribution in [2.75, 3.05) is 0 Å². The Hall–Kier alpha value is -2.13. The summed E-state index contributed by atoms with van der Waals surface area (Å²) in [6, 6.07) is 16.6. The Balaban J connectivity index is 2.28. The van der Waals surface area contributed by atoms with Crippen molar-refractivity contribution in [2.45, 2.75) is 6.10 Å². The molecule has 1 atom stereocenters. The van der Waals surface area contributed by atoms with E-state index in [9.17, 15) is 9.90 Å². The van der Waals surface area contributed by atoms with Crippen LogP contribution in [0.1, 0.15) is 11.7 Å². The van der Waals surface area contributed by atoms with E-state index in [1.54, 1.807) is 24.3 Å². The normalized spacial score (nSPS) is 12.1. The van der Waals surface area contributed by atoms with Crippen molar-refractivity contribution in [3.8, 4) is 11.1 Å². The standard InChI is InChI=1S/C14H12O3/c15-13(14(16)17)12-8-6-11(7-9-12)10-4-2-1-3-5-10/h1-9,13,15H,(H,16,17). The lowest BCUT2D eigenvalue weighted by Gasteiger charge is -2.07. The van der Waals surface area contributed by atoms with Gasteiger partial charge in [0.15, 0.2) is 6.10 Å². The van der Waals surface area contributed by atoms with Gasteiger partial charge in [-0.15, -0.1) is 0 Å². The summed E-state index contributed by atoms with van der Waals surface area (Å²) >= 11 is 0. The lowest BCUT2D eigenvalue weighted by atomic mass is 10.0. The summed E-state index contributed by atoms with van der Waals surface area (Å²) in [5.74, 6) is -1.24. The number of aliphatic hydroxyl groups excluding tert-OH is 1. The van der Waals surface area contributed by atoms with E-state index in [2.05, 4.69) is 0 Å². The average Bonchev–Trinajstić information content (AvgIpc) is 2.39. The molecule has 0 aliphatic rings. The molecule has 0 bridgehead atoms. The molecule has 0 radical (unpaired) electrons. The fourth-order valence-corrected chi connectivity index (χ4v) is 1.63. The van der Waals surface area contributed by atoms with Gasteiger partial charge in [-0.1, -0.05) is 54.6 Å². The molecule has 17 heavy (non-hydrogen) atoms. The van der Waals surface area contributed by atoms with E-state index in [1.165, 1.54) is 0 Å². The lowest BCUT2D eigenvalue weighted by Crippen LogP contribution is -2.09. The molecule has 3 nitrogen and oxygen atoms in total. The fourth-order valence-electron chi connectivity index (χ4n) is 1.63. The van der Waals surface area contributed by atoms with Gasteiger partial charge in [0.05, 0.1) is 0 Å². The molecule has 0 amide bonds. The van der Waals surface area contributed by atoms with Gasteiger partial charge in [-0.3, -0.25) is 0 Å². The zero-order valence-corrected chi connectivity index (χ0v) is 9.08. The molecule has 2 aromatic rings. The molecule has 0 aliphatic carbocycles. The van der Waals surface area contributed by atoms with Gasteiger partial charge in [0.1, 0.15) is 0 Å². The number of rotatable bonds is 3. The SMILES string of the molecule is O=C(O)C(O)c1ccc(-c2ccccc2)cc1. The molecule has 86 valence electrons. The van der Waals surface area contributed by atoms with Crippen LogP contribution in [0.25, 0.3) is 11.1 Å². The molecular weight excluding hydrogens is 216 g/mol. The lowest BCUT2D eigenvalue weighted by molar-refractivity contribution is -0.146. The number of aliphatic hydroxyl groups is 1. The van der Waals surface area contributed by atoms with Crippen LogP contribution >= 0.6 is 0 Å². The second kappa shape index (κ2) is 4.80. The van der Waals surface area contributed by atoms with Crippen LogP contribution in [0.4, 0.5) is 0 Å². The third kappa shape index (κ3) is 2.52. The van der Waals surface area contributed by atoms with Crippen molar-refractivity contribution >= 4 is 5.97 Å². The number of carbonyl (C=O) groups is 1. The highest BCUT2D eigenvalue weighted by molar-refractivity contribution is 5.74. The Labute approximate surface area is 99.0 Å². The van der Waals surface area contributed by atoms with E-state index in [-0.39, 0.29) is 0 Å². The van der Waals surface area contributed by atoms with Crippen LogP contribution in [0, 0.1) is 0 Å². The molecular formula is C14H12O3. The Morgan fingerprint density at radius 1 is 0.882 bits per heavy atom. The summed E-state index contributed by atoms with van der Waals surface area (Å²) in [6.45, 7) is 0. The molecule has 0 aliphatic heterocycles. The van der Waals surface area contributed by atoms with Crippen LogP contribution in [0.3, 0.4) is 0 Å². The molecule has 2 N–H and O–H groups in total. The van der Waals surface area contributed by atoms with Gasteiger partial charge >= 0.3 is 5.97 Å². The molecule has 2 rings (SSSR count). The molecule has 0 aromatic heterocycles. The number of hydrogen-bond donors (Lipinski definition) is 2. The maximum absolute atomic E-state index is 10.6. The summed E-state index contributed by atoms with van der Waals surface area (Å²) in [5, 5.41) is 18.0. The van der Waals surface area contributed by atoms with Gasteiger partial charge in [-0.05, 0) is 16.7 Å². The average molecular weight is 228 g/mol. The minimum Gasteiger partial charge on any atom is -0.479 e. The largest absolute Gasteiger partial charge is 0.479 e. The van der Waals surface area contributed by atoms with Gasteiger partial charge in [0.2, 0.25) is 0 Å². The highest BCUT2D eigenvalue weighted by Crippen LogP contribution is 2.21. The summed E-state index contributed by atoms with van der Waals surface area (Å²) in [6.07, 6.45) is -1.46. The second-order valence-electron chi connectivity index (χ2n) is 3.73. The third-order valence-electron chi connectivity index (χ3n) is 2.57. The maximum Gasteiger partial charge on any atom is 0.337 e. The van der Waals surface area contributed by atoms with Crippen molar-refractivity contribution in [1.29, 1.82) is 0 Å². The Morgan fingerprint density at radius 3 is 1.94 bits per heavy atom. The first-order valence-corrected chi connectivity index (χ1v) is 5.25. The Morgan fingerprint density at radius 2 is 1.41 bits per heavy atom. The minimum absolute atomic E-state index is 0.386. The summed E-state index contributed by atoms with van der Waals surface area (Å²) in [4.78, 5) is 10.6. The molecule has 1 unspecified atom stereocenters. The monoisotopic (exact) mass is 228 g/mol. The fraction of sp³-hybridized carbons (Fsp3) is 0.0714. The minimum atomic E-state index is -1.46. The van der Waals surface area contributed by atoms with Gasteiger partial charge in [-0.25, -0.2) is 4.79 Å². The predicted octanol–water partition coefficient (Wildman–Crippen LogP) is 2.47. The highest BCUT2D eigenvalue weighted by Gasteiger charge is 2.15. The number of aliphatic carboxylic acids is 1. The zero-order valence-electron chi connectivity index (χ0n) is 9.08. The molecule has 3 heteroatoms. The van der Waals surface area contributed by atoms with Crippen LogP contribution in [-0.4, -0.2) is 16.2 Å². The van der Waals surface area contributed by atoms with Crippen LogP contribution in [0.2, 0.25) is 0 Å². The van der Waals surface area contributed by atoms with Crippen LogP contribution in [0.15, 0.2) is 54.6 Å². The molecule has 0 saturated heterocycles. The first kappa shape index (κ1) is 11.4. The Kier molecular flexibility index (Phi) is 3.21. The van der Waals surface area contributed by atoms with Gasteiger partial charge in [0, 0.05) is 0 Å². The topological polar surface area (TPSA) is 57.5 Å². The predicted molar refractivity (Wildman–Crippen MR) is 64.5 cm³/mol. The molecule has 0 fully saturated rings. The summed E-state index contributed by atoms with van der Waals surface area (Å²) < 4.78 is 0. The van der Waals surface area contributed by atoms with E-state index in [0.29, 0.717) is 5.56 Å². The van der Waals surface area contributed by atoms with Crippen molar-refractivity contribution in [3.63, 3.8) is 0 Å². The highest BCUT2D eigenvalue weighted by atomic mass is 16.4. The number of hydrogen-bond acceptors (Lipinski definition) is 2. The molecule has 0 saturated carbocycles. The van der Waals surface area contributed by atoms with Crippen LogP contribution in [0.5, 0.6) is 0 Å². The maximum atomic E-state index is 10.6. The second-order valence-corrected chi connectivity index (χ2v) is 3.73. The van der Waals surface area contributed by atoms with Crippen molar-refractivity contribution in [2.24, 2.45) is 0 Å². The number of carboxylic acids is 1. The van der Waals surface area contributed by atoms with Crippen molar-refractivity contribution in [1.82, 2.24) is 0 Å². The Bertz CT molecular complexity index is 503. The van der Waals surface area contributed by atoms with E-state index < -0.39 is 12.1 Å². The van der Waals surface area contributed by atoms with Gasteiger partial charge < -0.3 is 10.2 Å². The van der Waals surface area contributed by atoms with E-state index in [1.807, 2.05) is 30.3 Å². The van der Waals surface area contributed by atoms with Crippen molar-refractivity contribution in [3.05, 3.63) is 60.2 Å². The van der Waals surface area contributed by atoms with E-state index in [4.69, 9.17) is 5.11 Å². The van der Waals surface area contributed by atoms with Crippen LogP contribution < -0.4 is 0 Å². The number of carboxylic acid groups (broad SMARTS) is 1. The molecule has 0 heterocycles. The van der Waals surface area contributed by atoms with Gasteiger partial charge in [-0.2, -0.15) is 0 Å². The van der Waals surface area contributed by atoms with E-state index >= 15 is 0 Å². The summed E-state index contributed by atoms with van der Waals surface area (Å²) in [5.41, 5.74) is 2.44. The first-order chi connectivity index (χ1) is 8.18. The van der Waals surface area contributed by atoms with Crippen molar-refractivity contribution < 1.29 is 15.0 Å². The summed E-state index contributed by atoms with van der Waals surface area (Å²) in [7, 11) is 0. The van der Waals surface area contributed by atoms with Crippen LogP contribution in [-0.2, 0) is 4.79 Å². The molecule has 0 spiro atoms. The zero-order chi connectivity index (χ0) is 12.3. The first-order valence-electron chi connectivity index (χ1n) is 5.25. The smallest absolute Gasteiger partial charge is 0.337 e. The molecule has 2 aromatic carbocycles. The number of benzene rings is 2. The van der Waals surface area contributed by atoms with Gasteiger partial charge in [0.25, 0.3) is 0 Å².